The van der Waals surface area contributed by atoms with Gasteiger partial charge in [0.15, 0.2) is 0 Å². The first-order valence-corrected chi connectivity index (χ1v) is 11.3. The number of amides is 2. The van der Waals surface area contributed by atoms with Crippen molar-refractivity contribution in [2.45, 2.75) is 45.5 Å². The molecule has 0 aromatic heterocycles. The summed E-state index contributed by atoms with van der Waals surface area (Å²) < 4.78 is 0. The minimum atomic E-state index is -1.26. The first-order chi connectivity index (χ1) is 16.3. The molecule has 1 heterocycles. The van der Waals surface area contributed by atoms with E-state index in [1.54, 1.807) is 24.3 Å². The number of nitrogens with one attached hydrogen (secondary N) is 2. The summed E-state index contributed by atoms with van der Waals surface area (Å²) in [5.41, 5.74) is 4.67. The Kier molecular flexibility index (Phi) is 10.4. The van der Waals surface area contributed by atoms with Gasteiger partial charge in [0.1, 0.15) is 6.04 Å². The Morgan fingerprint density at radius 1 is 1.09 bits per heavy atom. The van der Waals surface area contributed by atoms with Gasteiger partial charge >= 0.3 is 0 Å². The molecule has 3 atom stereocenters. The topological polar surface area (TPSA) is 105 Å². The molecule has 1 fully saturated rings. The Balaban J connectivity index is 0.00000432. The lowest BCUT2D eigenvalue weighted by molar-refractivity contribution is -0.133. The van der Waals surface area contributed by atoms with Crippen molar-refractivity contribution in [1.29, 1.82) is 0 Å². The number of hydrogen-bond acceptors (Lipinski definition) is 6. The quantitative estimate of drug-likeness (QED) is 0.274. The van der Waals surface area contributed by atoms with Crippen LogP contribution in [0.25, 0.3) is 0 Å². The SMILES string of the molecule is C.C[C@@H](O)[C@H](NC(=O)c1ccc(C#Cc2ccc(CN3CC[C@H](N(C)C)C3)cc2)cc1)C(=O)NO. The molecule has 0 aliphatic carbocycles. The summed E-state index contributed by atoms with van der Waals surface area (Å²) in [5.74, 6) is 4.79. The third-order valence-corrected chi connectivity index (χ3v) is 6.00. The fourth-order valence-electron chi connectivity index (χ4n) is 3.88. The van der Waals surface area contributed by atoms with Crippen LogP contribution in [0.3, 0.4) is 0 Å². The highest BCUT2D eigenvalue weighted by Crippen LogP contribution is 2.16. The molecule has 2 amide bonds. The highest BCUT2D eigenvalue weighted by atomic mass is 16.5. The third-order valence-electron chi connectivity index (χ3n) is 6.00. The lowest BCUT2D eigenvalue weighted by atomic mass is 10.1. The fraction of sp³-hybridized carbons (Fsp3) is 0.407. The van der Waals surface area contributed by atoms with Crippen LogP contribution in [-0.4, -0.2) is 77.3 Å². The van der Waals surface area contributed by atoms with Crippen LogP contribution >= 0.6 is 0 Å². The Morgan fingerprint density at radius 3 is 2.14 bits per heavy atom. The molecule has 2 aromatic rings. The van der Waals surface area contributed by atoms with Gasteiger partial charge < -0.3 is 15.3 Å². The van der Waals surface area contributed by atoms with Gasteiger partial charge in [-0.05, 0) is 69.4 Å². The van der Waals surface area contributed by atoms with Crippen molar-refractivity contribution in [3.8, 4) is 11.8 Å². The molecule has 1 aliphatic rings. The molecular formula is C27H36N4O4. The Labute approximate surface area is 207 Å². The molecule has 0 spiro atoms. The number of likely N-dealkylation sites (tertiary alicyclic amines) is 1. The van der Waals surface area contributed by atoms with Crippen molar-refractivity contribution in [2.24, 2.45) is 0 Å². The first kappa shape index (κ1) is 28.0. The Morgan fingerprint density at radius 2 is 1.66 bits per heavy atom. The average Bonchev–Trinajstić information content (AvgIpc) is 3.30. The minimum absolute atomic E-state index is 0. The molecule has 3 rings (SSSR count). The average molecular weight is 481 g/mol. The zero-order valence-corrected chi connectivity index (χ0v) is 19.8. The van der Waals surface area contributed by atoms with Crippen molar-refractivity contribution >= 4 is 11.8 Å². The van der Waals surface area contributed by atoms with Crippen LogP contribution in [0.1, 0.15) is 47.8 Å². The van der Waals surface area contributed by atoms with E-state index in [9.17, 15) is 14.7 Å². The van der Waals surface area contributed by atoms with Crippen LogP contribution in [0.15, 0.2) is 48.5 Å². The number of rotatable bonds is 7. The molecule has 8 nitrogen and oxygen atoms in total. The second-order valence-electron chi connectivity index (χ2n) is 8.83. The molecule has 35 heavy (non-hydrogen) atoms. The second kappa shape index (κ2) is 13.0. The molecule has 4 N–H and O–H groups in total. The van der Waals surface area contributed by atoms with Gasteiger partial charge in [0, 0.05) is 42.4 Å². The maximum absolute atomic E-state index is 12.4. The van der Waals surface area contributed by atoms with Gasteiger partial charge in [-0.15, -0.1) is 0 Å². The van der Waals surface area contributed by atoms with E-state index < -0.39 is 24.0 Å². The number of nitrogens with zero attached hydrogens (tertiary/aromatic N) is 2. The third kappa shape index (κ3) is 7.91. The van der Waals surface area contributed by atoms with Crippen molar-refractivity contribution in [3.63, 3.8) is 0 Å². The summed E-state index contributed by atoms with van der Waals surface area (Å²) in [7, 11) is 4.27. The van der Waals surface area contributed by atoms with Crippen LogP contribution in [0.4, 0.5) is 0 Å². The van der Waals surface area contributed by atoms with Gasteiger partial charge in [0.2, 0.25) is 0 Å². The van der Waals surface area contributed by atoms with Crippen LogP contribution in [0, 0.1) is 11.8 Å². The molecule has 0 saturated carbocycles. The molecule has 0 bridgehead atoms. The standard InChI is InChI=1S/C26H32N4O4.CH4/c1-18(31)24(26(33)28-34)27-25(32)22-12-10-20(11-13-22)5-4-19-6-8-21(9-7-19)16-30-15-14-23(17-30)29(2)3;/h6-13,18,23-24,31,34H,14-17H2,1-3H3,(H,27,32)(H,28,33);1H4/t18-,23+,24+;/m1./s1. The summed E-state index contributed by atoms with van der Waals surface area (Å²) in [6, 6.07) is 14.2. The predicted molar refractivity (Wildman–Crippen MR) is 136 cm³/mol. The van der Waals surface area contributed by atoms with E-state index in [-0.39, 0.29) is 7.43 Å². The number of carbonyl (C=O) groups excluding carboxylic acids is 2. The van der Waals surface area contributed by atoms with E-state index in [0.717, 1.165) is 30.8 Å². The molecule has 0 radical (unpaired) electrons. The van der Waals surface area contributed by atoms with Gasteiger partial charge in [-0.3, -0.25) is 19.7 Å². The first-order valence-electron chi connectivity index (χ1n) is 11.3. The van der Waals surface area contributed by atoms with E-state index in [1.807, 2.05) is 12.1 Å². The second-order valence-corrected chi connectivity index (χ2v) is 8.83. The lowest BCUT2D eigenvalue weighted by Crippen LogP contribution is -2.51. The van der Waals surface area contributed by atoms with Gasteiger partial charge in [-0.25, -0.2) is 5.48 Å². The largest absolute Gasteiger partial charge is 0.391 e. The number of hydroxylamine groups is 1. The molecule has 1 aliphatic heterocycles. The van der Waals surface area contributed by atoms with E-state index in [1.165, 1.54) is 24.4 Å². The number of carbonyl (C=O) groups is 2. The van der Waals surface area contributed by atoms with E-state index >= 15 is 0 Å². The summed E-state index contributed by atoms with van der Waals surface area (Å²) in [6.07, 6.45) is 0.0359. The van der Waals surface area contributed by atoms with E-state index in [0.29, 0.717) is 11.6 Å². The lowest BCUT2D eigenvalue weighted by Gasteiger charge is -2.20. The fourth-order valence-corrected chi connectivity index (χ4v) is 3.88. The van der Waals surface area contributed by atoms with E-state index in [4.69, 9.17) is 5.21 Å². The number of benzene rings is 2. The maximum atomic E-state index is 12.4. The monoisotopic (exact) mass is 480 g/mol. The molecule has 1 saturated heterocycles. The Hall–Kier alpha value is -3.22. The summed E-state index contributed by atoms with van der Waals surface area (Å²) in [5, 5.41) is 20.8. The smallest absolute Gasteiger partial charge is 0.268 e. The van der Waals surface area contributed by atoms with Gasteiger partial charge in [-0.2, -0.15) is 0 Å². The van der Waals surface area contributed by atoms with Crippen LogP contribution in [-0.2, 0) is 11.3 Å². The number of aliphatic hydroxyl groups excluding tert-OH is 1. The van der Waals surface area contributed by atoms with Crippen molar-refractivity contribution < 1.29 is 19.9 Å². The normalized spacial score (nSPS) is 17.0. The zero-order chi connectivity index (χ0) is 24.7. The number of aliphatic hydroxyl groups is 1. The Bertz CT molecular complexity index is 1040. The maximum Gasteiger partial charge on any atom is 0.268 e. The highest BCUT2D eigenvalue weighted by Gasteiger charge is 2.26. The molecule has 8 heteroatoms. The van der Waals surface area contributed by atoms with Crippen molar-refractivity contribution in [1.82, 2.24) is 20.6 Å². The number of likely N-dealkylation sites (N-methyl/N-ethyl adjacent to an activating group) is 1. The molecule has 188 valence electrons. The van der Waals surface area contributed by atoms with Crippen LogP contribution < -0.4 is 10.8 Å². The number of hydrogen-bond donors (Lipinski definition) is 4. The molecule has 0 unspecified atom stereocenters. The summed E-state index contributed by atoms with van der Waals surface area (Å²) >= 11 is 0. The summed E-state index contributed by atoms with van der Waals surface area (Å²) in [6.45, 7) is 4.50. The van der Waals surface area contributed by atoms with E-state index in [2.05, 4.69) is 53.2 Å². The van der Waals surface area contributed by atoms with Crippen molar-refractivity contribution in [2.75, 3.05) is 27.2 Å². The van der Waals surface area contributed by atoms with Crippen LogP contribution in [0.5, 0.6) is 0 Å². The van der Waals surface area contributed by atoms with Gasteiger partial charge in [-0.1, -0.05) is 31.4 Å². The minimum Gasteiger partial charge on any atom is -0.391 e. The molecule has 2 aromatic carbocycles. The van der Waals surface area contributed by atoms with Crippen molar-refractivity contribution in [3.05, 3.63) is 70.8 Å². The van der Waals surface area contributed by atoms with Gasteiger partial charge in [0.25, 0.3) is 11.8 Å². The predicted octanol–water partition coefficient (Wildman–Crippen LogP) is 1.84. The molecular weight excluding hydrogens is 444 g/mol. The van der Waals surface area contributed by atoms with Gasteiger partial charge in [0.05, 0.1) is 6.10 Å². The zero-order valence-electron chi connectivity index (χ0n) is 19.8. The van der Waals surface area contributed by atoms with Crippen LogP contribution in [0.2, 0.25) is 0 Å². The summed E-state index contributed by atoms with van der Waals surface area (Å²) in [4.78, 5) is 28.7. The highest BCUT2D eigenvalue weighted by molar-refractivity contribution is 5.97.